The molecule has 0 heterocycles. The van der Waals surface area contributed by atoms with Crippen LogP contribution in [0.3, 0.4) is 0 Å². The van der Waals surface area contributed by atoms with E-state index in [-0.39, 0.29) is 12.1 Å². The number of benzene rings is 1. The van der Waals surface area contributed by atoms with E-state index >= 15 is 0 Å². The van der Waals surface area contributed by atoms with E-state index in [9.17, 15) is 9.50 Å². The number of methoxy groups -OCH3 is 1. The van der Waals surface area contributed by atoms with Crippen molar-refractivity contribution in [2.45, 2.75) is 6.10 Å². The maximum absolute atomic E-state index is 13.5. The topological polar surface area (TPSA) is 41.5 Å². The number of likely N-dealkylation sites (N-methyl/N-ethyl adjacent to an activating group) is 1. The number of halogens is 2. The molecule has 0 amide bonds. The molecule has 1 aromatic carbocycles. The molecule has 5 heteroatoms. The van der Waals surface area contributed by atoms with Crippen LogP contribution >= 0.6 is 15.9 Å². The first-order chi connectivity index (χ1) is 7.11. The molecule has 0 aliphatic carbocycles. The van der Waals surface area contributed by atoms with Crippen LogP contribution in [0, 0.1) is 5.82 Å². The van der Waals surface area contributed by atoms with Crippen LogP contribution in [-0.2, 0) is 0 Å². The maximum Gasteiger partial charge on any atom is 0.141 e. The van der Waals surface area contributed by atoms with Crippen LogP contribution in [0.15, 0.2) is 16.6 Å². The van der Waals surface area contributed by atoms with Gasteiger partial charge in [-0.15, -0.1) is 0 Å². The summed E-state index contributed by atoms with van der Waals surface area (Å²) in [6, 6.07) is 2.84. The Balaban J connectivity index is 3.18. The first-order valence-electron chi connectivity index (χ1n) is 4.46. The van der Waals surface area contributed by atoms with Gasteiger partial charge in [-0.2, -0.15) is 0 Å². The Labute approximate surface area is 96.4 Å². The van der Waals surface area contributed by atoms with Crippen molar-refractivity contribution in [3.63, 3.8) is 0 Å². The maximum atomic E-state index is 13.5. The Bertz CT molecular complexity index is 346. The highest BCUT2D eigenvalue weighted by atomic mass is 79.9. The fourth-order valence-corrected chi connectivity index (χ4v) is 1.87. The van der Waals surface area contributed by atoms with E-state index in [4.69, 9.17) is 4.74 Å². The molecule has 0 saturated heterocycles. The Morgan fingerprint density at radius 3 is 2.80 bits per heavy atom. The molecule has 3 nitrogen and oxygen atoms in total. The van der Waals surface area contributed by atoms with Crippen LogP contribution in [0.4, 0.5) is 4.39 Å². The molecule has 2 N–H and O–H groups in total. The molecule has 0 saturated carbocycles. The van der Waals surface area contributed by atoms with Gasteiger partial charge in [0.15, 0.2) is 0 Å². The van der Waals surface area contributed by atoms with E-state index in [1.807, 2.05) is 0 Å². The van der Waals surface area contributed by atoms with Gasteiger partial charge in [-0.3, -0.25) is 0 Å². The molecule has 0 aromatic heterocycles. The molecule has 1 rings (SSSR count). The molecular formula is C10H13BrFNO2. The minimum absolute atomic E-state index is 0.168. The zero-order valence-corrected chi connectivity index (χ0v) is 10.1. The molecule has 0 fully saturated rings. The Morgan fingerprint density at radius 2 is 2.27 bits per heavy atom. The summed E-state index contributed by atoms with van der Waals surface area (Å²) in [6.45, 7) is 0.268. The minimum atomic E-state index is -0.928. The highest BCUT2D eigenvalue weighted by Gasteiger charge is 2.19. The fraction of sp³-hybridized carbons (Fsp3) is 0.400. The summed E-state index contributed by atoms with van der Waals surface area (Å²) in [4.78, 5) is 0. The highest BCUT2D eigenvalue weighted by Crippen LogP contribution is 2.34. The summed E-state index contributed by atoms with van der Waals surface area (Å²) < 4.78 is 19.2. The number of hydrogen-bond donors (Lipinski definition) is 2. The van der Waals surface area contributed by atoms with Gasteiger partial charge in [-0.1, -0.05) is 0 Å². The predicted octanol–water partition coefficient (Wildman–Crippen LogP) is 1.85. The van der Waals surface area contributed by atoms with Gasteiger partial charge in [0.2, 0.25) is 0 Å². The zero-order valence-electron chi connectivity index (χ0n) is 8.55. The number of ether oxygens (including phenoxy) is 1. The number of hydrogen-bond acceptors (Lipinski definition) is 3. The van der Waals surface area contributed by atoms with Crippen molar-refractivity contribution in [1.29, 1.82) is 0 Å². The third-order valence-electron chi connectivity index (χ3n) is 2.03. The molecule has 84 valence electrons. The molecular weight excluding hydrogens is 265 g/mol. The van der Waals surface area contributed by atoms with Crippen molar-refractivity contribution >= 4 is 15.9 Å². The molecule has 0 bridgehead atoms. The molecule has 0 spiro atoms. The third-order valence-corrected chi connectivity index (χ3v) is 2.65. The predicted molar refractivity (Wildman–Crippen MR) is 59.5 cm³/mol. The van der Waals surface area contributed by atoms with Crippen molar-refractivity contribution < 1.29 is 14.2 Å². The van der Waals surface area contributed by atoms with Gasteiger partial charge in [0.25, 0.3) is 0 Å². The van der Waals surface area contributed by atoms with Crippen molar-refractivity contribution in [3.05, 3.63) is 28.0 Å². The molecule has 1 aromatic rings. The first kappa shape index (κ1) is 12.4. The van der Waals surface area contributed by atoms with Gasteiger partial charge in [0, 0.05) is 6.54 Å². The Morgan fingerprint density at radius 1 is 1.60 bits per heavy atom. The van der Waals surface area contributed by atoms with Crippen LogP contribution in [-0.4, -0.2) is 25.8 Å². The minimum Gasteiger partial charge on any atom is -0.495 e. The smallest absolute Gasteiger partial charge is 0.141 e. The fourth-order valence-electron chi connectivity index (χ4n) is 1.36. The van der Waals surface area contributed by atoms with Gasteiger partial charge >= 0.3 is 0 Å². The van der Waals surface area contributed by atoms with E-state index in [2.05, 4.69) is 21.2 Å². The van der Waals surface area contributed by atoms with E-state index in [0.717, 1.165) is 0 Å². The summed E-state index contributed by atoms with van der Waals surface area (Å²) in [5.41, 5.74) is 0.168. The van der Waals surface area contributed by atoms with E-state index < -0.39 is 11.9 Å². The lowest BCUT2D eigenvalue weighted by molar-refractivity contribution is 0.168. The lowest BCUT2D eigenvalue weighted by atomic mass is 10.1. The molecule has 0 radical (unpaired) electrons. The average molecular weight is 278 g/mol. The lowest BCUT2D eigenvalue weighted by Crippen LogP contribution is -2.18. The van der Waals surface area contributed by atoms with Gasteiger partial charge in [0.1, 0.15) is 11.6 Å². The summed E-state index contributed by atoms with van der Waals surface area (Å²) in [6.07, 6.45) is -0.928. The SMILES string of the molecule is CNCC(O)c1c(F)ccc(Br)c1OC. The lowest BCUT2D eigenvalue weighted by Gasteiger charge is -2.16. The molecule has 0 aliphatic heterocycles. The second-order valence-electron chi connectivity index (χ2n) is 3.05. The molecule has 15 heavy (non-hydrogen) atoms. The number of aliphatic hydroxyl groups is 1. The third kappa shape index (κ3) is 2.68. The van der Waals surface area contributed by atoms with Crippen LogP contribution in [0.25, 0.3) is 0 Å². The standard InChI is InChI=1S/C10H13BrFNO2/c1-13-5-8(14)9-7(12)4-3-6(11)10(9)15-2/h3-4,8,13-14H,5H2,1-2H3. The first-order valence-corrected chi connectivity index (χ1v) is 5.25. The normalized spacial score (nSPS) is 12.6. The van der Waals surface area contributed by atoms with E-state index in [0.29, 0.717) is 10.2 Å². The number of rotatable bonds is 4. The Hall–Kier alpha value is -0.650. The molecule has 1 unspecified atom stereocenters. The monoisotopic (exact) mass is 277 g/mol. The van der Waals surface area contributed by atoms with Crippen molar-refractivity contribution in [2.24, 2.45) is 0 Å². The summed E-state index contributed by atoms with van der Waals surface area (Å²) in [5, 5.41) is 12.5. The van der Waals surface area contributed by atoms with Crippen molar-refractivity contribution in [3.8, 4) is 5.75 Å². The van der Waals surface area contributed by atoms with E-state index in [1.54, 1.807) is 13.1 Å². The quantitative estimate of drug-likeness (QED) is 0.883. The Kier molecular flexibility index (Phi) is 4.50. The van der Waals surface area contributed by atoms with Crippen LogP contribution in [0.5, 0.6) is 5.75 Å². The zero-order chi connectivity index (χ0) is 11.4. The number of aliphatic hydroxyl groups excluding tert-OH is 1. The second kappa shape index (κ2) is 5.44. The number of nitrogens with one attached hydrogen (secondary N) is 1. The van der Waals surface area contributed by atoms with Crippen molar-refractivity contribution in [1.82, 2.24) is 5.32 Å². The molecule has 0 aliphatic rings. The van der Waals surface area contributed by atoms with Crippen LogP contribution < -0.4 is 10.1 Å². The van der Waals surface area contributed by atoms with Gasteiger partial charge in [-0.25, -0.2) is 4.39 Å². The summed E-state index contributed by atoms with van der Waals surface area (Å²) >= 11 is 3.24. The van der Waals surface area contributed by atoms with Crippen molar-refractivity contribution in [2.75, 3.05) is 20.7 Å². The highest BCUT2D eigenvalue weighted by molar-refractivity contribution is 9.10. The summed E-state index contributed by atoms with van der Waals surface area (Å²) in [7, 11) is 3.13. The van der Waals surface area contributed by atoms with Crippen LogP contribution in [0.2, 0.25) is 0 Å². The molecule has 1 atom stereocenters. The largest absolute Gasteiger partial charge is 0.495 e. The van der Waals surface area contributed by atoms with Gasteiger partial charge in [0.05, 0.1) is 23.2 Å². The van der Waals surface area contributed by atoms with Crippen LogP contribution in [0.1, 0.15) is 11.7 Å². The summed E-state index contributed by atoms with van der Waals surface area (Å²) in [5.74, 6) is -0.143. The second-order valence-corrected chi connectivity index (χ2v) is 3.90. The van der Waals surface area contributed by atoms with Gasteiger partial charge in [-0.05, 0) is 35.1 Å². The van der Waals surface area contributed by atoms with Gasteiger partial charge < -0.3 is 15.2 Å². The van der Waals surface area contributed by atoms with E-state index in [1.165, 1.54) is 13.2 Å². The average Bonchev–Trinajstić information content (AvgIpc) is 2.21.